The molecular weight excluding hydrogens is 224 g/mol. The van der Waals surface area contributed by atoms with Gasteiger partial charge in [-0.1, -0.05) is 13.8 Å². The third kappa shape index (κ3) is 3.61. The minimum atomic E-state index is 0.642. The van der Waals surface area contributed by atoms with Crippen molar-refractivity contribution in [3.05, 3.63) is 0 Å². The summed E-state index contributed by atoms with van der Waals surface area (Å²) in [4.78, 5) is 6.92. The summed E-state index contributed by atoms with van der Waals surface area (Å²) in [6.45, 7) is 8.11. The summed E-state index contributed by atoms with van der Waals surface area (Å²) in [5.74, 6) is 1.78. The van der Waals surface area contributed by atoms with Gasteiger partial charge in [0.2, 0.25) is 0 Å². The van der Waals surface area contributed by atoms with Gasteiger partial charge in [-0.25, -0.2) is 0 Å². The van der Waals surface area contributed by atoms with Crippen molar-refractivity contribution in [2.24, 2.45) is 10.9 Å². The van der Waals surface area contributed by atoms with Crippen LogP contribution in [0.1, 0.15) is 39.5 Å². The first-order valence-corrected chi connectivity index (χ1v) is 7.45. The van der Waals surface area contributed by atoms with Crippen LogP contribution >= 0.6 is 0 Å². The van der Waals surface area contributed by atoms with E-state index in [0.29, 0.717) is 12.1 Å². The highest BCUT2D eigenvalue weighted by Crippen LogP contribution is 2.28. The number of likely N-dealkylation sites (tertiary alicyclic amines) is 1. The summed E-state index contributed by atoms with van der Waals surface area (Å²) in [6.07, 6.45) is 5.22. The monoisotopic (exact) mass is 252 g/mol. The molecule has 2 rings (SSSR count). The van der Waals surface area contributed by atoms with Crippen LogP contribution in [0.2, 0.25) is 0 Å². The second-order valence-corrected chi connectivity index (χ2v) is 5.72. The Morgan fingerprint density at radius 3 is 2.56 bits per heavy atom. The van der Waals surface area contributed by atoms with Gasteiger partial charge < -0.3 is 10.6 Å². The third-order valence-electron chi connectivity index (χ3n) is 4.29. The number of rotatable bonds is 5. The molecule has 18 heavy (non-hydrogen) atoms. The molecule has 0 spiro atoms. The van der Waals surface area contributed by atoms with Crippen molar-refractivity contribution in [3.63, 3.8) is 0 Å². The molecule has 3 atom stereocenters. The maximum Gasteiger partial charge on any atom is 0.191 e. The maximum atomic E-state index is 4.31. The van der Waals surface area contributed by atoms with Gasteiger partial charge in [0.15, 0.2) is 5.96 Å². The van der Waals surface area contributed by atoms with Crippen molar-refractivity contribution in [2.75, 3.05) is 26.7 Å². The van der Waals surface area contributed by atoms with Gasteiger partial charge in [-0.15, -0.1) is 0 Å². The van der Waals surface area contributed by atoms with E-state index in [1.807, 2.05) is 7.05 Å². The summed E-state index contributed by atoms with van der Waals surface area (Å²) in [5, 5.41) is 6.97. The fourth-order valence-corrected chi connectivity index (χ4v) is 2.75. The van der Waals surface area contributed by atoms with Gasteiger partial charge in [-0.05, 0) is 44.7 Å². The van der Waals surface area contributed by atoms with Crippen LogP contribution in [0.4, 0.5) is 0 Å². The zero-order chi connectivity index (χ0) is 13.0. The third-order valence-corrected chi connectivity index (χ3v) is 4.29. The van der Waals surface area contributed by atoms with Gasteiger partial charge in [0.25, 0.3) is 0 Å². The molecule has 1 aliphatic heterocycles. The largest absolute Gasteiger partial charge is 0.355 e. The van der Waals surface area contributed by atoms with Crippen molar-refractivity contribution in [1.82, 2.24) is 15.5 Å². The van der Waals surface area contributed by atoms with Gasteiger partial charge in [0.1, 0.15) is 0 Å². The van der Waals surface area contributed by atoms with Crippen LogP contribution in [0.3, 0.4) is 0 Å². The van der Waals surface area contributed by atoms with Crippen molar-refractivity contribution in [2.45, 2.75) is 51.6 Å². The quantitative estimate of drug-likeness (QED) is 0.574. The van der Waals surface area contributed by atoms with Crippen molar-refractivity contribution in [3.8, 4) is 0 Å². The Kier molecular flexibility index (Phi) is 4.87. The zero-order valence-corrected chi connectivity index (χ0v) is 12.1. The molecule has 0 radical (unpaired) electrons. The second-order valence-electron chi connectivity index (χ2n) is 5.72. The Bertz CT molecular complexity index is 284. The van der Waals surface area contributed by atoms with Crippen LogP contribution in [-0.2, 0) is 0 Å². The molecule has 2 aliphatic rings. The number of aliphatic imine (C=N–C) groups is 1. The van der Waals surface area contributed by atoms with E-state index >= 15 is 0 Å². The molecule has 1 saturated carbocycles. The predicted molar refractivity (Wildman–Crippen MR) is 77.0 cm³/mol. The summed E-state index contributed by atoms with van der Waals surface area (Å²) in [7, 11) is 1.86. The molecule has 4 nitrogen and oxygen atoms in total. The van der Waals surface area contributed by atoms with Crippen molar-refractivity contribution >= 4 is 5.96 Å². The van der Waals surface area contributed by atoms with E-state index in [4.69, 9.17) is 0 Å². The van der Waals surface area contributed by atoms with Crippen LogP contribution in [0.15, 0.2) is 4.99 Å². The number of hydrogen-bond donors (Lipinski definition) is 2. The van der Waals surface area contributed by atoms with Crippen molar-refractivity contribution < 1.29 is 0 Å². The molecule has 3 unspecified atom stereocenters. The summed E-state index contributed by atoms with van der Waals surface area (Å²) >= 11 is 0. The summed E-state index contributed by atoms with van der Waals surface area (Å²) < 4.78 is 0. The smallest absolute Gasteiger partial charge is 0.191 e. The minimum Gasteiger partial charge on any atom is -0.355 e. The minimum absolute atomic E-state index is 0.642. The highest BCUT2D eigenvalue weighted by Gasteiger charge is 2.33. The lowest BCUT2D eigenvalue weighted by Crippen LogP contribution is -2.46. The van der Waals surface area contributed by atoms with Crippen LogP contribution in [0, 0.1) is 5.92 Å². The van der Waals surface area contributed by atoms with Crippen LogP contribution < -0.4 is 10.6 Å². The van der Waals surface area contributed by atoms with Gasteiger partial charge in [0, 0.05) is 25.7 Å². The normalized spacial score (nSPS) is 30.3. The Morgan fingerprint density at radius 1 is 1.39 bits per heavy atom. The molecule has 0 bridgehead atoms. The average Bonchev–Trinajstić information content (AvgIpc) is 2.84. The number of hydrogen-bond acceptors (Lipinski definition) is 2. The zero-order valence-electron chi connectivity index (χ0n) is 12.1. The fraction of sp³-hybridized carbons (Fsp3) is 0.929. The van der Waals surface area contributed by atoms with Gasteiger partial charge >= 0.3 is 0 Å². The van der Waals surface area contributed by atoms with E-state index < -0.39 is 0 Å². The topological polar surface area (TPSA) is 39.7 Å². The molecule has 0 aromatic heterocycles. The first-order valence-electron chi connectivity index (χ1n) is 7.45. The maximum absolute atomic E-state index is 4.31. The lowest BCUT2D eigenvalue weighted by atomic mass is 10.2. The summed E-state index contributed by atoms with van der Waals surface area (Å²) in [5.41, 5.74) is 0. The molecule has 1 heterocycles. The van der Waals surface area contributed by atoms with E-state index in [-0.39, 0.29) is 0 Å². The molecule has 104 valence electrons. The Labute approximate surface area is 111 Å². The molecule has 4 heteroatoms. The first kappa shape index (κ1) is 13.7. The highest BCUT2D eigenvalue weighted by atomic mass is 15.2. The van der Waals surface area contributed by atoms with E-state index in [2.05, 4.69) is 34.4 Å². The van der Waals surface area contributed by atoms with Gasteiger partial charge in [-0.2, -0.15) is 0 Å². The molecule has 2 fully saturated rings. The van der Waals surface area contributed by atoms with Crippen LogP contribution in [-0.4, -0.2) is 49.6 Å². The van der Waals surface area contributed by atoms with Crippen LogP contribution in [0.5, 0.6) is 0 Å². The Morgan fingerprint density at radius 2 is 2.06 bits per heavy atom. The molecule has 0 amide bonds. The van der Waals surface area contributed by atoms with Gasteiger partial charge in [-0.3, -0.25) is 9.89 Å². The second kappa shape index (κ2) is 6.41. The van der Waals surface area contributed by atoms with E-state index in [9.17, 15) is 0 Å². The fourth-order valence-electron chi connectivity index (χ4n) is 2.75. The molecular formula is C14H28N4. The van der Waals surface area contributed by atoms with E-state index in [1.54, 1.807) is 0 Å². The molecule has 1 aliphatic carbocycles. The SMILES string of the molecule is CCC(CNC(=NC)NC1CC1C)N1CCCC1. The molecule has 0 aromatic carbocycles. The Hall–Kier alpha value is -0.770. The first-order chi connectivity index (χ1) is 8.74. The van der Waals surface area contributed by atoms with Gasteiger partial charge in [0.05, 0.1) is 0 Å². The lowest BCUT2D eigenvalue weighted by molar-refractivity contribution is 0.236. The number of guanidine groups is 1. The van der Waals surface area contributed by atoms with E-state index in [0.717, 1.165) is 18.4 Å². The lowest BCUT2D eigenvalue weighted by Gasteiger charge is -2.27. The van der Waals surface area contributed by atoms with E-state index in [1.165, 1.54) is 38.8 Å². The van der Waals surface area contributed by atoms with Crippen molar-refractivity contribution in [1.29, 1.82) is 0 Å². The predicted octanol–water partition coefficient (Wildman–Crippen LogP) is 1.43. The average molecular weight is 252 g/mol. The van der Waals surface area contributed by atoms with Crippen LogP contribution in [0.25, 0.3) is 0 Å². The highest BCUT2D eigenvalue weighted by molar-refractivity contribution is 5.80. The molecule has 2 N–H and O–H groups in total. The molecule has 1 saturated heterocycles. The summed E-state index contributed by atoms with van der Waals surface area (Å²) in [6, 6.07) is 1.30. The number of nitrogens with zero attached hydrogens (tertiary/aromatic N) is 2. The number of nitrogens with one attached hydrogen (secondary N) is 2. The Balaban J connectivity index is 1.73. The standard InChI is InChI=1S/C14H28N4/c1-4-12(18-7-5-6-8-18)10-16-14(15-3)17-13-9-11(13)2/h11-13H,4-10H2,1-3H3,(H2,15,16,17). The molecule has 0 aromatic rings.